The van der Waals surface area contributed by atoms with E-state index in [2.05, 4.69) is 57.0 Å². The molecule has 6 rings (SSSR count). The number of carbonyl (C=O) groups is 2. The number of benzene rings is 2. The molecule has 0 radical (unpaired) electrons. The maximum atomic E-state index is 14.0. The van der Waals surface area contributed by atoms with Crippen LogP contribution >= 0.6 is 31.9 Å². The molecule has 1 atom stereocenters. The van der Waals surface area contributed by atoms with E-state index in [0.29, 0.717) is 89.6 Å². The number of carbonyl (C=O) groups excluding carboxylic acids is 2. The van der Waals surface area contributed by atoms with Gasteiger partial charge in [0, 0.05) is 66.9 Å². The van der Waals surface area contributed by atoms with Gasteiger partial charge in [-0.2, -0.15) is 0 Å². The number of piperazine rings is 1. The highest BCUT2D eigenvalue weighted by Gasteiger charge is 2.33. The largest absolute Gasteiger partial charge is 0.491 e. The molecule has 13 nitrogen and oxygen atoms in total. The molecule has 2 aliphatic heterocycles. The molecule has 2 fully saturated rings. The highest BCUT2D eigenvalue weighted by atomic mass is 79.9. The van der Waals surface area contributed by atoms with E-state index in [4.69, 9.17) is 10.5 Å². The third-order valence-electron chi connectivity index (χ3n) is 8.99. The summed E-state index contributed by atoms with van der Waals surface area (Å²) in [6, 6.07) is 8.35. The van der Waals surface area contributed by atoms with E-state index in [1.807, 2.05) is 12.1 Å². The normalized spacial score (nSPS) is 16.0. The molecular weight excluding hydrogens is 765 g/mol. The van der Waals surface area contributed by atoms with Crippen molar-refractivity contribution in [3.8, 4) is 17.0 Å². The number of nitrogens with one attached hydrogen (secondary N) is 2. The van der Waals surface area contributed by atoms with Crippen molar-refractivity contribution in [2.45, 2.75) is 31.3 Å². The van der Waals surface area contributed by atoms with E-state index >= 15 is 0 Å². The van der Waals surface area contributed by atoms with E-state index in [0.717, 1.165) is 5.56 Å². The van der Waals surface area contributed by atoms with Gasteiger partial charge in [0.05, 0.1) is 24.7 Å². The summed E-state index contributed by atoms with van der Waals surface area (Å²) >= 11 is 6.98. The van der Waals surface area contributed by atoms with Crippen molar-refractivity contribution >= 4 is 55.3 Å². The summed E-state index contributed by atoms with van der Waals surface area (Å²) in [7, 11) is 1.57. The molecule has 2 aromatic carbocycles. The van der Waals surface area contributed by atoms with Crippen molar-refractivity contribution in [1.29, 1.82) is 0 Å². The second kappa shape index (κ2) is 15.0. The number of ether oxygens (including phenoxy) is 1. The minimum atomic E-state index is -0.835. The van der Waals surface area contributed by atoms with Gasteiger partial charge in [-0.05, 0) is 92.2 Å². The zero-order valence-electron chi connectivity index (χ0n) is 26.7. The number of nitrogens with zero attached hydrogens (tertiary/aromatic N) is 6. The van der Waals surface area contributed by atoms with Gasteiger partial charge in [-0.25, -0.2) is 23.9 Å². The Hall–Kier alpha value is -4.44. The number of urea groups is 1. The molecule has 258 valence electrons. The summed E-state index contributed by atoms with van der Waals surface area (Å²) in [5.41, 5.74) is 8.53. The third kappa shape index (κ3) is 7.75. The number of aromatic nitrogens is 4. The number of piperidine rings is 1. The minimum Gasteiger partial charge on any atom is -0.491 e. The van der Waals surface area contributed by atoms with Crippen molar-refractivity contribution in [3.63, 3.8) is 0 Å². The first-order valence-electron chi connectivity index (χ1n) is 15.8. The number of rotatable bonds is 8. The molecule has 2 aromatic heterocycles. The standard InChI is InChI=1S/C33H36Br2FN9O4/c1-49-28-17-38-19-39-30(28)42-10-12-43(13-11-42)31(46)26(16-20-14-24(34)29(37)25(35)15-20)40-32(47)44-8-6-23(7-9-44)45-18-27(41-33(45)48)21-2-4-22(36)5-3-21/h2-5,14-15,17-19,23,26H,6-13,16,37H2,1H3,(H,40,47)(H,41,48)/t26-/m1/s1. The summed E-state index contributed by atoms with van der Waals surface area (Å²) in [6.07, 6.45) is 6.18. The van der Waals surface area contributed by atoms with Crippen molar-refractivity contribution < 1.29 is 18.7 Å². The maximum Gasteiger partial charge on any atom is 0.326 e. The van der Waals surface area contributed by atoms with E-state index in [-0.39, 0.29) is 35.9 Å². The lowest BCUT2D eigenvalue weighted by Crippen LogP contribution is -2.57. The molecule has 0 bridgehead atoms. The van der Waals surface area contributed by atoms with Gasteiger partial charge in [0.25, 0.3) is 0 Å². The van der Waals surface area contributed by atoms with Gasteiger partial charge in [0.15, 0.2) is 11.6 Å². The molecule has 0 aliphatic carbocycles. The molecule has 4 heterocycles. The molecule has 2 aliphatic rings. The van der Waals surface area contributed by atoms with Crippen molar-refractivity contribution in [2.75, 3.05) is 57.0 Å². The number of methoxy groups -OCH3 is 1. The van der Waals surface area contributed by atoms with Crippen molar-refractivity contribution in [1.82, 2.24) is 34.6 Å². The number of aromatic amines is 1. The van der Waals surface area contributed by atoms with Gasteiger partial charge in [0.2, 0.25) is 5.91 Å². The summed E-state index contributed by atoms with van der Waals surface area (Å²) in [6.45, 7) is 2.74. The van der Waals surface area contributed by atoms with Crippen LogP contribution in [0.3, 0.4) is 0 Å². The fraction of sp³-hybridized carbons (Fsp3) is 0.364. The molecule has 0 unspecified atom stereocenters. The quantitative estimate of drug-likeness (QED) is 0.224. The lowest BCUT2D eigenvalue weighted by molar-refractivity contribution is -0.133. The van der Waals surface area contributed by atoms with E-state index in [1.165, 1.54) is 18.5 Å². The number of halogens is 3. The highest BCUT2D eigenvalue weighted by Crippen LogP contribution is 2.31. The monoisotopic (exact) mass is 799 g/mol. The second-order valence-electron chi connectivity index (χ2n) is 12.0. The number of amides is 3. The smallest absolute Gasteiger partial charge is 0.326 e. The Labute approximate surface area is 298 Å². The number of hydrogen-bond acceptors (Lipinski definition) is 8. The molecule has 0 saturated carbocycles. The Morgan fingerprint density at radius 2 is 1.73 bits per heavy atom. The Morgan fingerprint density at radius 1 is 1.06 bits per heavy atom. The van der Waals surface area contributed by atoms with Crippen LogP contribution < -0.4 is 26.4 Å². The predicted octanol–water partition coefficient (Wildman–Crippen LogP) is 4.19. The van der Waals surface area contributed by atoms with E-state index in [1.54, 1.807) is 46.0 Å². The van der Waals surface area contributed by atoms with Crippen molar-refractivity contribution in [2.24, 2.45) is 0 Å². The lowest BCUT2D eigenvalue weighted by atomic mass is 10.0. The second-order valence-corrected chi connectivity index (χ2v) is 13.7. The Bertz CT molecular complexity index is 1850. The van der Waals surface area contributed by atoms with Gasteiger partial charge in [-0.15, -0.1) is 0 Å². The molecule has 16 heteroatoms. The molecule has 3 amide bonds. The maximum absolute atomic E-state index is 14.0. The number of anilines is 2. The average Bonchev–Trinajstić information content (AvgIpc) is 3.51. The average molecular weight is 802 g/mol. The fourth-order valence-electron chi connectivity index (χ4n) is 6.29. The van der Waals surface area contributed by atoms with E-state index in [9.17, 15) is 18.8 Å². The van der Waals surface area contributed by atoms with Crippen LogP contribution in [-0.4, -0.2) is 93.7 Å². The zero-order chi connectivity index (χ0) is 34.7. The van der Waals surface area contributed by atoms with Crippen LogP contribution in [0, 0.1) is 5.82 Å². The van der Waals surface area contributed by atoms with Crippen molar-refractivity contribution in [3.05, 3.63) is 85.9 Å². The fourth-order valence-corrected chi connectivity index (χ4v) is 7.57. The number of nitrogens with two attached hydrogens (primary N) is 1. The molecule has 2 saturated heterocycles. The summed E-state index contributed by atoms with van der Waals surface area (Å²) in [4.78, 5) is 57.3. The van der Waals surface area contributed by atoms with Gasteiger partial charge < -0.3 is 35.5 Å². The van der Waals surface area contributed by atoms with Gasteiger partial charge >= 0.3 is 11.7 Å². The summed E-state index contributed by atoms with van der Waals surface area (Å²) < 4.78 is 21.8. The number of imidazole rings is 1. The Kier molecular flexibility index (Phi) is 10.5. The topological polar surface area (TPSA) is 155 Å². The van der Waals surface area contributed by atoms with E-state index < -0.39 is 6.04 Å². The number of hydrogen-bond donors (Lipinski definition) is 3. The van der Waals surface area contributed by atoms with Crippen LogP contribution in [0.5, 0.6) is 5.75 Å². The highest BCUT2D eigenvalue weighted by molar-refractivity contribution is 9.11. The first kappa shape index (κ1) is 34.4. The van der Waals surface area contributed by atoms with Gasteiger partial charge in [-0.1, -0.05) is 0 Å². The predicted molar refractivity (Wildman–Crippen MR) is 190 cm³/mol. The Balaban J connectivity index is 1.12. The number of nitrogen functional groups attached to an aromatic ring is 1. The Morgan fingerprint density at radius 3 is 2.39 bits per heavy atom. The zero-order valence-corrected chi connectivity index (χ0v) is 29.9. The molecular formula is C33H36Br2FN9O4. The lowest BCUT2D eigenvalue weighted by Gasteiger charge is -2.38. The van der Waals surface area contributed by atoms with Crippen LogP contribution in [-0.2, 0) is 11.2 Å². The van der Waals surface area contributed by atoms with Gasteiger partial charge in [0.1, 0.15) is 18.2 Å². The molecule has 0 spiro atoms. The SMILES string of the molecule is COc1cncnc1N1CCN(C(=O)[C@@H](Cc2cc(Br)c(N)c(Br)c2)NC(=O)N2CCC(n3cc(-c4ccc(F)cc4)[nH]c3=O)CC2)CC1. The first-order valence-corrected chi connectivity index (χ1v) is 17.4. The third-order valence-corrected chi connectivity index (χ3v) is 10.3. The number of likely N-dealkylation sites (tertiary alicyclic amines) is 1. The van der Waals surface area contributed by atoms with Crippen LogP contribution in [0.1, 0.15) is 24.4 Å². The molecule has 4 aromatic rings. The molecule has 49 heavy (non-hydrogen) atoms. The first-order chi connectivity index (χ1) is 23.6. The summed E-state index contributed by atoms with van der Waals surface area (Å²) in [5.74, 6) is 0.693. The summed E-state index contributed by atoms with van der Waals surface area (Å²) in [5, 5.41) is 3.02. The van der Waals surface area contributed by atoms with Gasteiger partial charge in [-0.3, -0.25) is 9.36 Å². The number of H-pyrrole nitrogens is 1. The minimum absolute atomic E-state index is 0.117. The van der Waals surface area contributed by atoms with Crippen LogP contribution in [0.25, 0.3) is 11.3 Å². The molecule has 4 N–H and O–H groups in total. The van der Waals surface area contributed by atoms with Crippen LogP contribution in [0.15, 0.2) is 68.9 Å². The van der Waals surface area contributed by atoms with Crippen LogP contribution in [0.4, 0.5) is 20.7 Å². The van der Waals surface area contributed by atoms with Crippen LogP contribution in [0.2, 0.25) is 0 Å².